The summed E-state index contributed by atoms with van der Waals surface area (Å²) >= 11 is 31.4. The van der Waals surface area contributed by atoms with Crippen molar-refractivity contribution in [1.29, 1.82) is 0 Å². The predicted molar refractivity (Wildman–Crippen MR) is 58.7 cm³/mol. The highest BCUT2D eigenvalue weighted by Crippen LogP contribution is 2.51. The van der Waals surface area contributed by atoms with Gasteiger partial charge in [-0.15, -0.1) is 48.5 Å². The molecule has 64 valence electrons. The average molecular weight is 270 g/mol. The Kier molecular flexibility index (Phi) is 3.29. The highest BCUT2D eigenvalue weighted by molar-refractivity contribution is 7.89. The Morgan fingerprint density at radius 1 is 1.18 bits per heavy atom. The van der Waals surface area contributed by atoms with Gasteiger partial charge in [0.15, 0.2) is 4.33 Å². The van der Waals surface area contributed by atoms with Crippen molar-refractivity contribution in [2.75, 3.05) is 0 Å². The normalized spacial score (nSPS) is 36.5. The van der Waals surface area contributed by atoms with E-state index in [2.05, 4.69) is 25.3 Å². The van der Waals surface area contributed by atoms with E-state index in [-0.39, 0.29) is 0 Å². The van der Waals surface area contributed by atoms with Crippen LogP contribution in [0.2, 0.25) is 0 Å². The number of allylic oxidation sites excluding steroid dienone is 2. The smallest absolute Gasteiger partial charge is 0.145 e. The zero-order valence-corrected chi connectivity index (χ0v) is 9.87. The molecule has 1 aliphatic rings. The summed E-state index contributed by atoms with van der Waals surface area (Å²) in [6, 6.07) is 0. The fourth-order valence-electron chi connectivity index (χ4n) is 0.754. The summed E-state index contributed by atoms with van der Waals surface area (Å²) < 4.78 is -1.20. The molecule has 1 rings (SSSR count). The number of thiol groups is 2. The molecule has 0 N–H and O–H groups in total. The van der Waals surface area contributed by atoms with Gasteiger partial charge in [-0.3, -0.25) is 0 Å². The van der Waals surface area contributed by atoms with Gasteiger partial charge in [0.05, 0.1) is 10.8 Å². The van der Waals surface area contributed by atoms with E-state index in [4.69, 9.17) is 46.4 Å². The molecular formula is C5H4Cl4S2. The Hall–Kier alpha value is 1.60. The molecule has 0 fully saturated rings. The van der Waals surface area contributed by atoms with Crippen molar-refractivity contribution >= 4 is 71.7 Å². The molecule has 0 saturated heterocycles. The van der Waals surface area contributed by atoms with Crippen LogP contribution in [-0.4, -0.2) is 15.1 Å². The highest BCUT2D eigenvalue weighted by atomic mass is 35.5. The van der Waals surface area contributed by atoms with Crippen LogP contribution in [0.3, 0.4) is 0 Å². The lowest BCUT2D eigenvalue weighted by Crippen LogP contribution is -2.27. The molecule has 1 aliphatic carbocycles. The zero-order chi connectivity index (χ0) is 8.81. The third-order valence-corrected chi connectivity index (χ3v) is 5.36. The minimum Gasteiger partial charge on any atom is -0.145 e. The van der Waals surface area contributed by atoms with Crippen LogP contribution in [-0.2, 0) is 0 Å². The van der Waals surface area contributed by atoms with Crippen molar-refractivity contribution in [3.63, 3.8) is 0 Å². The van der Waals surface area contributed by atoms with E-state index in [1.807, 2.05) is 0 Å². The van der Waals surface area contributed by atoms with Crippen LogP contribution >= 0.6 is 71.7 Å². The number of hydrogen-bond acceptors (Lipinski definition) is 2. The van der Waals surface area contributed by atoms with Gasteiger partial charge < -0.3 is 0 Å². The van der Waals surface area contributed by atoms with Crippen LogP contribution in [0.15, 0.2) is 9.81 Å². The van der Waals surface area contributed by atoms with Gasteiger partial charge in [0.1, 0.15) is 0 Å². The first-order chi connectivity index (χ1) is 4.89. The first kappa shape index (κ1) is 10.7. The molecule has 0 aliphatic heterocycles. The van der Waals surface area contributed by atoms with E-state index in [0.29, 0.717) is 9.81 Å². The van der Waals surface area contributed by atoms with Crippen molar-refractivity contribution in [2.45, 2.75) is 15.1 Å². The van der Waals surface area contributed by atoms with Crippen LogP contribution in [0.4, 0.5) is 0 Å². The van der Waals surface area contributed by atoms with E-state index >= 15 is 0 Å². The second kappa shape index (κ2) is 3.39. The molecule has 0 aromatic rings. The number of halogens is 4. The van der Waals surface area contributed by atoms with Gasteiger partial charge in [-0.25, -0.2) is 0 Å². The number of alkyl halides is 4. The Morgan fingerprint density at radius 3 is 1.73 bits per heavy atom. The number of rotatable bonds is 0. The molecule has 2 unspecified atom stereocenters. The van der Waals surface area contributed by atoms with E-state index in [1.165, 1.54) is 0 Å². The summed E-state index contributed by atoms with van der Waals surface area (Å²) in [5.41, 5.74) is 0. The summed E-state index contributed by atoms with van der Waals surface area (Å²) in [6.07, 6.45) is 0. The molecule has 2 atom stereocenters. The Bertz CT molecular complexity index is 213. The average Bonchev–Trinajstić information content (AvgIpc) is 2.06. The molecule has 0 aromatic heterocycles. The van der Waals surface area contributed by atoms with Gasteiger partial charge >= 0.3 is 0 Å². The molecule has 0 bridgehead atoms. The summed E-state index contributed by atoms with van der Waals surface area (Å²) in [6.45, 7) is 0. The van der Waals surface area contributed by atoms with Gasteiger partial charge in [-0.2, -0.15) is 0 Å². The summed E-state index contributed by atoms with van der Waals surface area (Å²) in [7, 11) is 0. The van der Waals surface area contributed by atoms with Gasteiger partial charge in [0.2, 0.25) is 0 Å². The van der Waals surface area contributed by atoms with Crippen LogP contribution in [0.1, 0.15) is 0 Å². The lowest BCUT2D eigenvalue weighted by Gasteiger charge is -2.18. The van der Waals surface area contributed by atoms with Crippen LogP contribution in [0.5, 0.6) is 0 Å². The van der Waals surface area contributed by atoms with Crippen molar-refractivity contribution in [3.05, 3.63) is 9.81 Å². The Morgan fingerprint density at radius 2 is 1.64 bits per heavy atom. The second-order valence-electron chi connectivity index (χ2n) is 2.16. The third-order valence-electron chi connectivity index (χ3n) is 1.42. The number of hydrogen-bond donors (Lipinski definition) is 2. The monoisotopic (exact) mass is 268 g/mol. The standard InChI is InChI=1S/C5H4Cl4S2/c6-1-2(10)4(11)5(8,9)3(1)7/h1,3,10-11H. The van der Waals surface area contributed by atoms with Gasteiger partial charge in [0, 0.05) is 9.81 Å². The Labute approximate surface area is 96.0 Å². The molecule has 11 heavy (non-hydrogen) atoms. The molecule has 0 heterocycles. The maximum Gasteiger partial charge on any atom is 0.167 e. The molecule has 0 aromatic carbocycles. The molecule has 0 saturated carbocycles. The van der Waals surface area contributed by atoms with E-state index < -0.39 is 15.1 Å². The largest absolute Gasteiger partial charge is 0.167 e. The van der Waals surface area contributed by atoms with Crippen molar-refractivity contribution in [2.24, 2.45) is 0 Å². The first-order valence-corrected chi connectivity index (χ1v) is 5.20. The lowest BCUT2D eigenvalue weighted by molar-refractivity contribution is 0.888. The van der Waals surface area contributed by atoms with Crippen LogP contribution in [0.25, 0.3) is 0 Å². The zero-order valence-electron chi connectivity index (χ0n) is 5.06. The van der Waals surface area contributed by atoms with Crippen LogP contribution in [0, 0.1) is 0 Å². The van der Waals surface area contributed by atoms with Gasteiger partial charge in [-0.1, -0.05) is 23.2 Å². The maximum absolute atomic E-state index is 5.82. The molecule has 0 nitrogen and oxygen atoms in total. The van der Waals surface area contributed by atoms with Crippen molar-refractivity contribution in [3.8, 4) is 0 Å². The van der Waals surface area contributed by atoms with Gasteiger partial charge in [0.25, 0.3) is 0 Å². The first-order valence-electron chi connectivity index (χ1n) is 2.67. The van der Waals surface area contributed by atoms with E-state index in [0.717, 1.165) is 0 Å². The summed E-state index contributed by atoms with van der Waals surface area (Å²) in [5, 5.41) is -1.03. The van der Waals surface area contributed by atoms with Crippen LogP contribution < -0.4 is 0 Å². The molecule has 0 spiro atoms. The van der Waals surface area contributed by atoms with Gasteiger partial charge in [-0.05, 0) is 0 Å². The summed E-state index contributed by atoms with van der Waals surface area (Å²) in [4.78, 5) is 0.976. The SMILES string of the molecule is SC1=C(S)C(Cl)(Cl)C(Cl)C1Cl. The fraction of sp³-hybridized carbons (Fsp3) is 0.600. The Balaban J connectivity index is 3.06. The lowest BCUT2D eigenvalue weighted by atomic mass is 10.3. The molecule has 0 amide bonds. The highest BCUT2D eigenvalue weighted by Gasteiger charge is 2.48. The van der Waals surface area contributed by atoms with E-state index in [9.17, 15) is 0 Å². The molecular weight excluding hydrogens is 266 g/mol. The predicted octanol–water partition coefficient (Wildman–Crippen LogP) is 3.46. The minimum atomic E-state index is -1.20. The molecule has 0 radical (unpaired) electrons. The summed E-state index contributed by atoms with van der Waals surface area (Å²) in [5.74, 6) is 0. The van der Waals surface area contributed by atoms with Crippen molar-refractivity contribution in [1.82, 2.24) is 0 Å². The quantitative estimate of drug-likeness (QED) is 0.488. The second-order valence-corrected chi connectivity index (χ2v) is 5.42. The van der Waals surface area contributed by atoms with Crippen molar-refractivity contribution < 1.29 is 0 Å². The minimum absolute atomic E-state index is 0.434. The third kappa shape index (κ3) is 1.63. The van der Waals surface area contributed by atoms with E-state index in [1.54, 1.807) is 0 Å². The topological polar surface area (TPSA) is 0 Å². The molecule has 6 heteroatoms. The fourth-order valence-corrected chi connectivity index (χ4v) is 2.85. The maximum atomic E-state index is 5.82.